The quantitative estimate of drug-likeness (QED) is 0.801. The van der Waals surface area contributed by atoms with Crippen molar-refractivity contribution in [2.45, 2.75) is 52.0 Å². The normalized spacial score (nSPS) is 12.4. The van der Waals surface area contributed by atoms with Crippen molar-refractivity contribution in [3.8, 4) is 0 Å². The molecule has 5 nitrogen and oxygen atoms in total. The van der Waals surface area contributed by atoms with Crippen LogP contribution >= 0.6 is 0 Å². The smallest absolute Gasteiger partial charge is 0.243 e. The number of anilines is 1. The van der Waals surface area contributed by atoms with Crippen LogP contribution in [-0.4, -0.2) is 36.8 Å². The van der Waals surface area contributed by atoms with E-state index in [4.69, 9.17) is 0 Å². The number of rotatable bonds is 8. The third kappa shape index (κ3) is 4.97. The van der Waals surface area contributed by atoms with Gasteiger partial charge in [-0.2, -0.15) is 4.31 Å². The molecule has 0 unspecified atom stereocenters. The van der Waals surface area contributed by atoms with E-state index in [-0.39, 0.29) is 12.0 Å². The van der Waals surface area contributed by atoms with E-state index in [0.717, 1.165) is 13.0 Å². The van der Waals surface area contributed by atoms with E-state index in [1.54, 1.807) is 22.6 Å². The highest BCUT2D eigenvalue weighted by molar-refractivity contribution is 7.89. The number of nitrogens with one attached hydrogen (secondary N) is 1. The van der Waals surface area contributed by atoms with E-state index in [9.17, 15) is 8.42 Å². The lowest BCUT2D eigenvalue weighted by Crippen LogP contribution is -2.39. The molecule has 1 aromatic heterocycles. The first-order valence-electron chi connectivity index (χ1n) is 7.50. The predicted octanol–water partition coefficient (Wildman–Crippen LogP) is 2.96. The molecule has 0 bridgehead atoms. The first-order chi connectivity index (χ1) is 9.78. The van der Waals surface area contributed by atoms with Gasteiger partial charge in [0.2, 0.25) is 10.0 Å². The average Bonchev–Trinajstić information content (AvgIpc) is 2.42. The lowest BCUT2D eigenvalue weighted by atomic mass is 10.2. The first-order valence-corrected chi connectivity index (χ1v) is 8.94. The number of nitrogens with zero attached hydrogens (tertiary/aromatic N) is 2. The molecule has 1 rings (SSSR count). The summed E-state index contributed by atoms with van der Waals surface area (Å²) in [5.41, 5.74) is 0. The third-order valence-corrected chi connectivity index (χ3v) is 5.05. The number of sulfonamides is 1. The molecule has 0 aliphatic carbocycles. The maximum atomic E-state index is 12.8. The predicted molar refractivity (Wildman–Crippen MR) is 86.9 cm³/mol. The van der Waals surface area contributed by atoms with Crippen LogP contribution in [0, 0.1) is 5.92 Å². The highest BCUT2D eigenvalue weighted by Gasteiger charge is 2.27. The molecule has 120 valence electrons. The van der Waals surface area contributed by atoms with Crippen LogP contribution in [0.1, 0.15) is 41.0 Å². The number of pyridine rings is 1. The van der Waals surface area contributed by atoms with Crippen molar-refractivity contribution >= 4 is 15.8 Å². The molecule has 0 aliphatic heterocycles. The number of aromatic nitrogens is 1. The van der Waals surface area contributed by atoms with Crippen LogP contribution in [0.15, 0.2) is 23.2 Å². The Labute approximate surface area is 128 Å². The molecular weight excluding hydrogens is 286 g/mol. The Balaban J connectivity index is 3.10. The zero-order valence-electron chi connectivity index (χ0n) is 13.6. The summed E-state index contributed by atoms with van der Waals surface area (Å²) >= 11 is 0. The molecule has 1 N–H and O–H groups in total. The van der Waals surface area contributed by atoms with Crippen molar-refractivity contribution in [1.82, 2.24) is 9.29 Å². The molecule has 0 saturated carbocycles. The minimum absolute atomic E-state index is 0.0717. The largest absolute Gasteiger partial charge is 0.370 e. The van der Waals surface area contributed by atoms with Gasteiger partial charge in [-0.1, -0.05) is 20.8 Å². The second-order valence-electron chi connectivity index (χ2n) is 5.87. The highest BCUT2D eigenvalue weighted by atomic mass is 32.2. The molecule has 0 aromatic carbocycles. The summed E-state index contributed by atoms with van der Waals surface area (Å²) in [5.74, 6) is 0.882. The molecule has 1 heterocycles. The van der Waals surface area contributed by atoms with Gasteiger partial charge in [0.15, 0.2) is 0 Å². The van der Waals surface area contributed by atoms with Gasteiger partial charge in [0.25, 0.3) is 0 Å². The molecule has 0 atom stereocenters. The van der Waals surface area contributed by atoms with Crippen LogP contribution in [0.4, 0.5) is 5.82 Å². The van der Waals surface area contributed by atoms with E-state index in [0.29, 0.717) is 17.3 Å². The van der Waals surface area contributed by atoms with Crippen LogP contribution in [0.25, 0.3) is 0 Å². The number of hydrogen-bond acceptors (Lipinski definition) is 4. The van der Waals surface area contributed by atoms with E-state index < -0.39 is 10.0 Å². The topological polar surface area (TPSA) is 62.3 Å². The molecule has 21 heavy (non-hydrogen) atoms. The molecule has 0 radical (unpaired) electrons. The van der Waals surface area contributed by atoms with Gasteiger partial charge in [0.05, 0.1) is 4.90 Å². The van der Waals surface area contributed by atoms with Gasteiger partial charge in [0, 0.05) is 31.4 Å². The SMILES string of the molecule is CCCNc1cc(S(=O)(=O)N(CC(C)C)C(C)C)ccn1. The lowest BCUT2D eigenvalue weighted by molar-refractivity contribution is 0.319. The maximum absolute atomic E-state index is 12.8. The van der Waals surface area contributed by atoms with Gasteiger partial charge in [-0.25, -0.2) is 13.4 Å². The van der Waals surface area contributed by atoms with E-state index >= 15 is 0 Å². The Morgan fingerprint density at radius 3 is 2.48 bits per heavy atom. The fourth-order valence-corrected chi connectivity index (χ4v) is 3.82. The second kappa shape index (κ2) is 7.75. The van der Waals surface area contributed by atoms with E-state index in [1.807, 2.05) is 27.7 Å². The highest BCUT2D eigenvalue weighted by Crippen LogP contribution is 2.21. The molecule has 1 aromatic rings. The van der Waals surface area contributed by atoms with Gasteiger partial charge in [0.1, 0.15) is 5.82 Å². The summed E-state index contributed by atoms with van der Waals surface area (Å²) in [4.78, 5) is 4.46. The van der Waals surface area contributed by atoms with Crippen LogP contribution in [0.3, 0.4) is 0 Å². The molecule has 0 saturated heterocycles. The van der Waals surface area contributed by atoms with Crippen molar-refractivity contribution in [3.05, 3.63) is 18.3 Å². The standard InChI is InChI=1S/C15H27N3O2S/c1-6-8-16-15-10-14(7-9-17-15)21(19,20)18(13(4)5)11-12(2)3/h7,9-10,12-13H,6,8,11H2,1-5H3,(H,16,17). The Kier molecular flexibility index (Phi) is 6.61. The number of hydrogen-bond donors (Lipinski definition) is 1. The van der Waals surface area contributed by atoms with Crippen molar-refractivity contribution in [2.75, 3.05) is 18.4 Å². The monoisotopic (exact) mass is 313 g/mol. The molecule has 0 fully saturated rings. The fourth-order valence-electron chi connectivity index (χ4n) is 2.00. The summed E-state index contributed by atoms with van der Waals surface area (Å²) in [6, 6.07) is 3.10. The lowest BCUT2D eigenvalue weighted by Gasteiger charge is -2.27. The van der Waals surface area contributed by atoms with Crippen molar-refractivity contribution in [1.29, 1.82) is 0 Å². The van der Waals surface area contributed by atoms with Gasteiger partial charge >= 0.3 is 0 Å². The molecule has 0 aliphatic rings. The Hall–Kier alpha value is -1.14. The van der Waals surface area contributed by atoms with Crippen molar-refractivity contribution < 1.29 is 8.42 Å². The van der Waals surface area contributed by atoms with Crippen molar-refractivity contribution in [2.24, 2.45) is 5.92 Å². The summed E-state index contributed by atoms with van der Waals surface area (Å²) in [6.45, 7) is 11.2. The summed E-state index contributed by atoms with van der Waals surface area (Å²) in [6.07, 6.45) is 2.50. The minimum atomic E-state index is -3.49. The molecule has 0 amide bonds. The summed E-state index contributed by atoms with van der Waals surface area (Å²) in [7, 11) is -3.49. The maximum Gasteiger partial charge on any atom is 0.243 e. The first kappa shape index (κ1) is 17.9. The molecule has 6 heteroatoms. The minimum Gasteiger partial charge on any atom is -0.370 e. The Bertz CT molecular complexity index is 542. The van der Waals surface area contributed by atoms with Crippen LogP contribution in [-0.2, 0) is 10.0 Å². The van der Waals surface area contributed by atoms with Crippen LogP contribution < -0.4 is 5.32 Å². The third-order valence-electron chi connectivity index (χ3n) is 3.02. The van der Waals surface area contributed by atoms with Gasteiger partial charge < -0.3 is 5.32 Å². The van der Waals surface area contributed by atoms with Gasteiger partial charge in [-0.3, -0.25) is 0 Å². The van der Waals surface area contributed by atoms with E-state index in [2.05, 4.69) is 17.2 Å². The zero-order valence-corrected chi connectivity index (χ0v) is 14.4. The van der Waals surface area contributed by atoms with Gasteiger partial charge in [-0.05, 0) is 32.3 Å². The Morgan fingerprint density at radius 1 is 1.29 bits per heavy atom. The van der Waals surface area contributed by atoms with Crippen molar-refractivity contribution in [3.63, 3.8) is 0 Å². The van der Waals surface area contributed by atoms with Crippen LogP contribution in [0.5, 0.6) is 0 Å². The molecule has 0 spiro atoms. The summed E-state index contributed by atoms with van der Waals surface area (Å²) < 4.78 is 27.2. The summed E-state index contributed by atoms with van der Waals surface area (Å²) in [5, 5.41) is 3.12. The zero-order chi connectivity index (χ0) is 16.0. The molecular formula is C15H27N3O2S. The average molecular weight is 313 g/mol. The fraction of sp³-hybridized carbons (Fsp3) is 0.667. The Morgan fingerprint density at radius 2 is 1.95 bits per heavy atom. The van der Waals surface area contributed by atoms with Gasteiger partial charge in [-0.15, -0.1) is 0 Å². The van der Waals surface area contributed by atoms with Crippen LogP contribution in [0.2, 0.25) is 0 Å². The second-order valence-corrected chi connectivity index (χ2v) is 7.76. The van der Waals surface area contributed by atoms with E-state index in [1.165, 1.54) is 0 Å².